The van der Waals surface area contributed by atoms with Gasteiger partial charge in [0.25, 0.3) is 0 Å². The van der Waals surface area contributed by atoms with Crippen LogP contribution < -0.4 is 0 Å². The van der Waals surface area contributed by atoms with E-state index in [1.807, 2.05) is 36.4 Å². The van der Waals surface area contributed by atoms with Crippen LogP contribution in [-0.2, 0) is 12.8 Å². The quantitative estimate of drug-likeness (QED) is 0.134. The number of halogens is 1. The fraction of sp³-hybridized carbons (Fsp3) is 0.333. The molecule has 0 bridgehead atoms. The summed E-state index contributed by atoms with van der Waals surface area (Å²) in [4.78, 5) is 0. The minimum absolute atomic E-state index is 0.242. The predicted octanol–water partition coefficient (Wildman–Crippen LogP) is 10.4. The summed E-state index contributed by atoms with van der Waals surface area (Å²) in [6, 6.07) is 26.3. The summed E-state index contributed by atoms with van der Waals surface area (Å²) >= 11 is 0. The van der Waals surface area contributed by atoms with Gasteiger partial charge in [0.05, 0.1) is 5.56 Å². The van der Waals surface area contributed by atoms with Crippen LogP contribution in [0.25, 0.3) is 10.8 Å². The molecular weight excluding hydrogens is 487 g/mol. The molecular formula is C39H41F. The molecule has 0 unspecified atom stereocenters. The second-order valence-corrected chi connectivity index (χ2v) is 10.7. The molecule has 0 aliphatic carbocycles. The number of unbranched alkanes of at least 4 members (excludes halogenated alkanes) is 7. The van der Waals surface area contributed by atoms with Crippen LogP contribution in [0.3, 0.4) is 0 Å². The molecule has 0 spiro atoms. The summed E-state index contributed by atoms with van der Waals surface area (Å²) in [5.74, 6) is 12.4. The van der Waals surface area contributed by atoms with Gasteiger partial charge in [-0.25, -0.2) is 4.39 Å². The summed E-state index contributed by atoms with van der Waals surface area (Å²) < 4.78 is 15.2. The number of fused-ring (bicyclic) bond motifs is 1. The molecule has 0 heterocycles. The second kappa shape index (κ2) is 15.7. The van der Waals surface area contributed by atoms with Gasteiger partial charge in [0, 0.05) is 22.1 Å². The molecule has 0 saturated carbocycles. The van der Waals surface area contributed by atoms with Gasteiger partial charge in [0.15, 0.2) is 0 Å². The first-order chi connectivity index (χ1) is 19.7. The molecule has 0 radical (unpaired) electrons. The van der Waals surface area contributed by atoms with Crippen LogP contribution in [0.4, 0.5) is 4.39 Å². The second-order valence-electron chi connectivity index (χ2n) is 10.7. The number of rotatable bonds is 11. The lowest BCUT2D eigenvalue weighted by Crippen LogP contribution is -1.90. The zero-order chi connectivity index (χ0) is 28.0. The monoisotopic (exact) mass is 528 g/mol. The highest BCUT2D eigenvalue weighted by Gasteiger charge is 2.07. The Morgan fingerprint density at radius 2 is 1.00 bits per heavy atom. The van der Waals surface area contributed by atoms with Crippen molar-refractivity contribution in [2.24, 2.45) is 0 Å². The van der Waals surface area contributed by atoms with Crippen LogP contribution in [-0.4, -0.2) is 0 Å². The van der Waals surface area contributed by atoms with E-state index in [1.54, 1.807) is 6.07 Å². The molecule has 204 valence electrons. The van der Waals surface area contributed by atoms with Crippen molar-refractivity contribution in [1.29, 1.82) is 0 Å². The lowest BCUT2D eigenvalue weighted by molar-refractivity contribution is 0.631. The molecule has 4 rings (SSSR count). The zero-order valence-corrected chi connectivity index (χ0v) is 24.2. The molecule has 4 aromatic carbocycles. The van der Waals surface area contributed by atoms with Gasteiger partial charge in [0.2, 0.25) is 0 Å². The van der Waals surface area contributed by atoms with E-state index in [1.165, 1.54) is 68.9 Å². The number of hydrogen-bond donors (Lipinski definition) is 0. The molecule has 4 aromatic rings. The van der Waals surface area contributed by atoms with E-state index in [2.05, 4.69) is 73.9 Å². The lowest BCUT2D eigenvalue weighted by Gasteiger charge is -2.06. The van der Waals surface area contributed by atoms with Crippen molar-refractivity contribution in [2.75, 3.05) is 0 Å². The van der Waals surface area contributed by atoms with Crippen molar-refractivity contribution in [3.63, 3.8) is 0 Å². The Morgan fingerprint density at radius 1 is 0.500 bits per heavy atom. The molecule has 40 heavy (non-hydrogen) atoms. The van der Waals surface area contributed by atoms with Gasteiger partial charge in [-0.2, -0.15) is 0 Å². The van der Waals surface area contributed by atoms with E-state index < -0.39 is 0 Å². The highest BCUT2D eigenvalue weighted by Crippen LogP contribution is 2.23. The van der Waals surface area contributed by atoms with E-state index in [-0.39, 0.29) is 5.82 Å². The summed E-state index contributed by atoms with van der Waals surface area (Å²) in [7, 11) is 0. The Kier molecular flexibility index (Phi) is 11.5. The van der Waals surface area contributed by atoms with Gasteiger partial charge in [-0.05, 0) is 84.7 Å². The van der Waals surface area contributed by atoms with Crippen LogP contribution in [0, 0.1) is 29.5 Å². The minimum atomic E-state index is -0.242. The van der Waals surface area contributed by atoms with E-state index in [4.69, 9.17) is 0 Å². The highest BCUT2D eigenvalue weighted by molar-refractivity contribution is 5.85. The van der Waals surface area contributed by atoms with Crippen LogP contribution in [0.1, 0.15) is 105 Å². The maximum Gasteiger partial charge on any atom is 0.146 e. The van der Waals surface area contributed by atoms with Crippen LogP contribution >= 0.6 is 0 Å². The fourth-order valence-corrected chi connectivity index (χ4v) is 4.96. The van der Waals surface area contributed by atoms with Gasteiger partial charge in [-0.15, -0.1) is 0 Å². The van der Waals surface area contributed by atoms with E-state index >= 15 is 4.39 Å². The summed E-state index contributed by atoms with van der Waals surface area (Å²) in [5.41, 5.74) is 5.89. The third-order valence-electron chi connectivity index (χ3n) is 7.44. The Hall–Kier alpha value is -3.81. The molecule has 0 amide bonds. The Labute approximate surface area is 241 Å². The summed E-state index contributed by atoms with van der Waals surface area (Å²) in [6.07, 6.45) is 13.6. The molecule has 0 atom stereocenters. The molecule has 1 heteroatoms. The first-order valence-electron chi connectivity index (χ1n) is 15.1. The fourth-order valence-electron chi connectivity index (χ4n) is 4.96. The first kappa shape index (κ1) is 29.2. The zero-order valence-electron chi connectivity index (χ0n) is 24.2. The van der Waals surface area contributed by atoms with Gasteiger partial charge in [0.1, 0.15) is 5.82 Å². The maximum absolute atomic E-state index is 15.2. The highest BCUT2D eigenvalue weighted by atomic mass is 19.1. The van der Waals surface area contributed by atoms with Crippen LogP contribution in [0.2, 0.25) is 0 Å². The van der Waals surface area contributed by atoms with Gasteiger partial charge >= 0.3 is 0 Å². The smallest absolute Gasteiger partial charge is 0.146 e. The maximum atomic E-state index is 15.2. The Bertz CT molecular complexity index is 1480. The largest absolute Gasteiger partial charge is 0.205 e. The van der Waals surface area contributed by atoms with Crippen molar-refractivity contribution in [1.82, 2.24) is 0 Å². The molecule has 0 aliphatic rings. The lowest BCUT2D eigenvalue weighted by atomic mass is 10.00. The van der Waals surface area contributed by atoms with Crippen LogP contribution in [0.15, 0.2) is 78.9 Å². The topological polar surface area (TPSA) is 0 Å². The normalized spacial score (nSPS) is 10.6. The van der Waals surface area contributed by atoms with Gasteiger partial charge in [-0.3, -0.25) is 0 Å². The Balaban J connectivity index is 1.36. The SMILES string of the molecule is CCCCCCCc1ccc2c(F)c(C#Cc3ccc(C#Cc4ccc(CCCCCC)cc4)cc3)ccc2c1. The average Bonchev–Trinajstić information content (AvgIpc) is 2.99. The summed E-state index contributed by atoms with van der Waals surface area (Å²) in [5, 5.41) is 1.58. The Morgan fingerprint density at radius 3 is 1.62 bits per heavy atom. The molecule has 0 saturated heterocycles. The molecule has 0 N–H and O–H groups in total. The number of benzene rings is 4. The van der Waals surface area contributed by atoms with Crippen molar-refractivity contribution >= 4 is 10.8 Å². The standard InChI is InChI=1S/C39H41F/c1-3-5-7-9-11-13-35-25-29-38-37(30-35)28-27-36(39(38)40)26-24-34-22-20-33(21-23-34)19-18-32-16-14-31(15-17-32)12-10-8-6-4-2/h14-17,20-23,25,27-30H,3-13H2,1-2H3. The van der Waals surface area contributed by atoms with Crippen molar-refractivity contribution < 1.29 is 4.39 Å². The molecule has 0 aromatic heterocycles. The first-order valence-corrected chi connectivity index (χ1v) is 15.1. The molecule has 0 fully saturated rings. The van der Waals surface area contributed by atoms with Gasteiger partial charge < -0.3 is 0 Å². The number of aryl methyl sites for hydroxylation is 2. The van der Waals surface area contributed by atoms with Crippen molar-refractivity contribution in [2.45, 2.75) is 84.5 Å². The van der Waals surface area contributed by atoms with Crippen LogP contribution in [0.5, 0.6) is 0 Å². The molecule has 0 nitrogen and oxygen atoms in total. The van der Waals surface area contributed by atoms with Crippen molar-refractivity contribution in [3.05, 3.63) is 118 Å². The average molecular weight is 529 g/mol. The van der Waals surface area contributed by atoms with Gasteiger partial charge in [-0.1, -0.05) is 119 Å². The number of hydrogen-bond acceptors (Lipinski definition) is 0. The van der Waals surface area contributed by atoms with Crippen molar-refractivity contribution in [3.8, 4) is 23.7 Å². The predicted molar refractivity (Wildman–Crippen MR) is 169 cm³/mol. The summed E-state index contributed by atoms with van der Waals surface area (Å²) in [6.45, 7) is 4.48. The third-order valence-corrected chi connectivity index (χ3v) is 7.44. The minimum Gasteiger partial charge on any atom is -0.205 e. The molecule has 0 aliphatic heterocycles. The van der Waals surface area contributed by atoms with E-state index in [0.29, 0.717) is 10.9 Å². The van der Waals surface area contributed by atoms with E-state index in [9.17, 15) is 0 Å². The van der Waals surface area contributed by atoms with E-state index in [0.717, 1.165) is 34.9 Å². The third kappa shape index (κ3) is 8.86.